The van der Waals surface area contributed by atoms with Gasteiger partial charge in [-0.1, -0.05) is 0 Å². The third-order valence-corrected chi connectivity index (χ3v) is 3.74. The lowest BCUT2D eigenvalue weighted by Gasteiger charge is -2.28. The Hall–Kier alpha value is -0.440. The lowest BCUT2D eigenvalue weighted by atomic mass is 10.1. The van der Waals surface area contributed by atoms with Crippen molar-refractivity contribution in [2.75, 3.05) is 6.61 Å². The van der Waals surface area contributed by atoms with Crippen molar-refractivity contribution in [2.45, 2.75) is 70.0 Å². The fraction of sp³-hybridized carbons (Fsp3) is 0.923. The Labute approximate surface area is 127 Å². The van der Waals surface area contributed by atoms with E-state index >= 15 is 0 Å². The highest BCUT2D eigenvalue weighted by Gasteiger charge is 2.59. The van der Waals surface area contributed by atoms with Gasteiger partial charge in [-0.2, -0.15) is 0 Å². The highest BCUT2D eigenvalue weighted by atomic mass is 35.5. The number of hydrogen-bond donors (Lipinski definition) is 0. The van der Waals surface area contributed by atoms with E-state index in [1.54, 1.807) is 13.8 Å². The van der Waals surface area contributed by atoms with Crippen LogP contribution in [0.25, 0.3) is 0 Å². The molecule has 120 valence electrons. The topological polar surface area (TPSA) is 72.5 Å². The molecule has 0 spiro atoms. The maximum absolute atomic E-state index is 11.2. The molecular weight excluding hydrogens is 304 g/mol. The van der Waals surface area contributed by atoms with Gasteiger partial charge in [0.25, 0.3) is 0 Å². The summed E-state index contributed by atoms with van der Waals surface area (Å²) >= 11 is 5.36. The van der Waals surface area contributed by atoms with Crippen LogP contribution in [0.2, 0.25) is 0 Å². The molecule has 3 aliphatic rings. The van der Waals surface area contributed by atoms with Crippen molar-refractivity contribution in [3.05, 3.63) is 0 Å². The summed E-state index contributed by atoms with van der Waals surface area (Å²) in [5, 5.41) is 0. The Morgan fingerprint density at radius 1 is 1.10 bits per heavy atom. The average molecular weight is 323 g/mol. The molecule has 0 N–H and O–H groups in total. The molecule has 3 saturated heterocycles. The third kappa shape index (κ3) is 3.04. The van der Waals surface area contributed by atoms with Crippen LogP contribution in [0.5, 0.6) is 0 Å². The number of carbonyl (C=O) groups excluding carboxylic acids is 1. The van der Waals surface area contributed by atoms with Gasteiger partial charge in [0.2, 0.25) is 0 Å². The molecule has 3 heterocycles. The second kappa shape index (κ2) is 5.04. The zero-order valence-electron chi connectivity index (χ0n) is 12.3. The van der Waals surface area contributed by atoms with Gasteiger partial charge in [-0.25, -0.2) is 4.79 Å². The highest BCUT2D eigenvalue weighted by Crippen LogP contribution is 2.42. The van der Waals surface area contributed by atoms with Gasteiger partial charge in [0.1, 0.15) is 12.2 Å². The van der Waals surface area contributed by atoms with Crippen molar-refractivity contribution in [3.8, 4) is 0 Å². The maximum atomic E-state index is 11.2. The standard InChI is InChI=1S/C13H19ClO7/c1-12(2)16-5-6(19-12)7-8(18-11(14)15)9-10(17-7)21-13(3,4)20-9/h6-10H,5H2,1-4H3/t6-,7-,8+,9-,10-/m1/s1. The summed E-state index contributed by atoms with van der Waals surface area (Å²) in [6.45, 7) is 7.48. The fourth-order valence-corrected chi connectivity index (χ4v) is 3.02. The third-order valence-electron chi connectivity index (χ3n) is 3.65. The van der Waals surface area contributed by atoms with E-state index in [1.165, 1.54) is 0 Å². The van der Waals surface area contributed by atoms with Crippen molar-refractivity contribution in [2.24, 2.45) is 0 Å². The molecule has 0 aromatic rings. The van der Waals surface area contributed by atoms with E-state index in [4.69, 9.17) is 40.0 Å². The minimum absolute atomic E-state index is 0.330. The van der Waals surface area contributed by atoms with E-state index in [0.717, 1.165) is 0 Å². The fourth-order valence-electron chi connectivity index (χ4n) is 2.92. The van der Waals surface area contributed by atoms with E-state index in [2.05, 4.69) is 0 Å². The zero-order chi connectivity index (χ0) is 15.4. The minimum Gasteiger partial charge on any atom is -0.444 e. The van der Waals surface area contributed by atoms with E-state index in [-0.39, 0.29) is 6.10 Å². The molecule has 0 aliphatic carbocycles. The first-order chi connectivity index (χ1) is 9.67. The average Bonchev–Trinajstić information content (AvgIpc) is 2.90. The van der Waals surface area contributed by atoms with Crippen LogP contribution in [-0.2, 0) is 28.4 Å². The second-order valence-electron chi connectivity index (χ2n) is 6.26. The van der Waals surface area contributed by atoms with Crippen molar-refractivity contribution in [3.63, 3.8) is 0 Å². The molecule has 7 nitrogen and oxygen atoms in total. The smallest absolute Gasteiger partial charge is 0.404 e. The van der Waals surface area contributed by atoms with E-state index < -0.39 is 41.6 Å². The van der Waals surface area contributed by atoms with Crippen LogP contribution in [0, 0.1) is 0 Å². The van der Waals surface area contributed by atoms with Crippen LogP contribution in [0.15, 0.2) is 0 Å². The Morgan fingerprint density at radius 3 is 2.38 bits per heavy atom. The molecule has 0 amide bonds. The number of fused-ring (bicyclic) bond motifs is 1. The molecule has 0 aromatic carbocycles. The van der Waals surface area contributed by atoms with Gasteiger partial charge in [0, 0.05) is 11.6 Å². The van der Waals surface area contributed by atoms with E-state index in [9.17, 15) is 4.79 Å². The predicted octanol–water partition coefficient (Wildman–Crippen LogP) is 1.76. The number of halogens is 1. The summed E-state index contributed by atoms with van der Waals surface area (Å²) in [7, 11) is 0. The molecular formula is C13H19ClO7. The molecule has 3 rings (SSSR count). The number of rotatable bonds is 2. The Kier molecular flexibility index (Phi) is 3.71. The van der Waals surface area contributed by atoms with Crippen LogP contribution < -0.4 is 0 Å². The van der Waals surface area contributed by atoms with Crippen molar-refractivity contribution < 1.29 is 33.2 Å². The van der Waals surface area contributed by atoms with Crippen LogP contribution in [0.4, 0.5) is 4.79 Å². The Balaban J connectivity index is 1.77. The quantitative estimate of drug-likeness (QED) is 0.717. The van der Waals surface area contributed by atoms with Gasteiger partial charge in [-0.15, -0.1) is 0 Å². The molecule has 0 radical (unpaired) electrons. The molecule has 0 saturated carbocycles. The van der Waals surface area contributed by atoms with Gasteiger partial charge >= 0.3 is 5.43 Å². The normalized spacial score (nSPS) is 43.8. The summed E-state index contributed by atoms with van der Waals surface area (Å²) in [4.78, 5) is 11.2. The first-order valence-corrected chi connectivity index (χ1v) is 7.24. The minimum atomic E-state index is -0.916. The highest BCUT2D eigenvalue weighted by molar-refractivity contribution is 6.61. The van der Waals surface area contributed by atoms with Crippen LogP contribution in [-0.4, -0.2) is 54.3 Å². The maximum Gasteiger partial charge on any atom is 0.404 e. The largest absolute Gasteiger partial charge is 0.444 e. The van der Waals surface area contributed by atoms with Crippen molar-refractivity contribution in [1.29, 1.82) is 0 Å². The first kappa shape index (κ1) is 15.5. The predicted molar refractivity (Wildman–Crippen MR) is 69.7 cm³/mol. The zero-order valence-corrected chi connectivity index (χ0v) is 13.1. The SMILES string of the molecule is CC1(C)O[C@H]2O[C@H]([C@H]3COC(C)(C)O3)[C@H](OC(=O)Cl)[C@H]2O1. The lowest BCUT2D eigenvalue weighted by molar-refractivity contribution is -0.231. The molecule has 5 atom stereocenters. The summed E-state index contributed by atoms with van der Waals surface area (Å²) in [5.41, 5.74) is -0.916. The number of ether oxygens (including phenoxy) is 6. The summed E-state index contributed by atoms with van der Waals surface area (Å²) in [6, 6.07) is 0. The van der Waals surface area contributed by atoms with Gasteiger partial charge in [0.05, 0.1) is 6.61 Å². The Morgan fingerprint density at radius 2 is 1.81 bits per heavy atom. The van der Waals surface area contributed by atoms with Gasteiger partial charge in [0.15, 0.2) is 30.1 Å². The first-order valence-electron chi connectivity index (χ1n) is 6.86. The summed E-state index contributed by atoms with van der Waals surface area (Å²) in [6.07, 6.45) is -2.81. The molecule has 0 unspecified atom stereocenters. The second-order valence-corrected chi connectivity index (χ2v) is 6.57. The van der Waals surface area contributed by atoms with Crippen molar-refractivity contribution >= 4 is 17.0 Å². The van der Waals surface area contributed by atoms with Gasteiger partial charge in [-0.3, -0.25) is 0 Å². The van der Waals surface area contributed by atoms with Gasteiger partial charge in [-0.05, 0) is 27.7 Å². The Bertz CT molecular complexity index is 438. The van der Waals surface area contributed by atoms with Gasteiger partial charge < -0.3 is 28.4 Å². The van der Waals surface area contributed by atoms with Crippen LogP contribution in [0.1, 0.15) is 27.7 Å². The van der Waals surface area contributed by atoms with Crippen molar-refractivity contribution in [1.82, 2.24) is 0 Å². The van der Waals surface area contributed by atoms with Crippen LogP contribution in [0.3, 0.4) is 0 Å². The molecule has 8 heteroatoms. The summed E-state index contributed by atoms with van der Waals surface area (Å²) < 4.78 is 33.7. The molecule has 0 aromatic heterocycles. The lowest BCUT2D eigenvalue weighted by Crippen LogP contribution is -2.44. The molecule has 3 fully saturated rings. The number of hydrogen-bond acceptors (Lipinski definition) is 7. The molecule has 21 heavy (non-hydrogen) atoms. The summed E-state index contributed by atoms with van der Waals surface area (Å²) in [5.74, 6) is -1.51. The number of carbonyl (C=O) groups is 1. The molecule has 0 bridgehead atoms. The molecule has 3 aliphatic heterocycles. The van der Waals surface area contributed by atoms with Crippen LogP contribution >= 0.6 is 11.6 Å². The van der Waals surface area contributed by atoms with E-state index in [0.29, 0.717) is 6.61 Å². The van der Waals surface area contributed by atoms with E-state index in [1.807, 2.05) is 13.8 Å². The monoisotopic (exact) mass is 322 g/mol.